The van der Waals surface area contributed by atoms with Crippen LogP contribution in [0.1, 0.15) is 96.8 Å². The lowest BCUT2D eigenvalue weighted by atomic mass is 9.96. The number of rotatable bonds is 16. The Kier molecular flexibility index (Phi) is 16.9. The molecule has 2 nitrogen and oxygen atoms in total. The molecule has 0 spiro atoms. The van der Waals surface area contributed by atoms with Gasteiger partial charge in [0.2, 0.25) is 0 Å². The van der Waals surface area contributed by atoms with Crippen molar-refractivity contribution in [1.29, 1.82) is 0 Å². The van der Waals surface area contributed by atoms with Crippen LogP contribution in [0.5, 0.6) is 0 Å². The van der Waals surface area contributed by atoms with Crippen LogP contribution in [0.2, 0.25) is 0 Å². The van der Waals surface area contributed by atoms with Gasteiger partial charge in [0.05, 0.1) is 0 Å². The van der Waals surface area contributed by atoms with Crippen molar-refractivity contribution < 1.29 is 10.2 Å². The molecule has 2 heteroatoms. The number of aliphatic hydroxyl groups excluding tert-OH is 2. The molecule has 2 N–H and O–H groups in total. The Morgan fingerprint density at radius 2 is 0.800 bits per heavy atom. The second-order valence-corrected chi connectivity index (χ2v) is 6.37. The van der Waals surface area contributed by atoms with Gasteiger partial charge in [-0.15, -0.1) is 0 Å². The first-order valence-electron chi connectivity index (χ1n) is 9.03. The van der Waals surface area contributed by atoms with Crippen LogP contribution in [0.25, 0.3) is 0 Å². The molecular weight excluding hydrogens is 248 g/mol. The summed E-state index contributed by atoms with van der Waals surface area (Å²) < 4.78 is 0. The lowest BCUT2D eigenvalue weighted by Crippen LogP contribution is -1.95. The van der Waals surface area contributed by atoms with Crippen molar-refractivity contribution in [2.75, 3.05) is 13.2 Å². The third kappa shape index (κ3) is 16.0. The van der Waals surface area contributed by atoms with Crippen LogP contribution in [0, 0.1) is 5.92 Å². The summed E-state index contributed by atoms with van der Waals surface area (Å²) in [7, 11) is 0. The second-order valence-electron chi connectivity index (χ2n) is 6.37. The van der Waals surface area contributed by atoms with Crippen molar-refractivity contribution in [2.45, 2.75) is 96.8 Å². The molecule has 0 rings (SSSR count). The molecule has 0 saturated carbocycles. The quantitative estimate of drug-likeness (QED) is 0.389. The van der Waals surface area contributed by atoms with E-state index in [1.54, 1.807) is 0 Å². The summed E-state index contributed by atoms with van der Waals surface area (Å²) in [5.74, 6) is 0.893. The van der Waals surface area contributed by atoms with Crippen molar-refractivity contribution in [3.8, 4) is 0 Å². The molecule has 0 fully saturated rings. The third-order valence-corrected chi connectivity index (χ3v) is 4.21. The molecular formula is C18H38O2. The topological polar surface area (TPSA) is 40.5 Å². The smallest absolute Gasteiger partial charge is 0.0431 e. The molecule has 0 aliphatic rings. The fourth-order valence-corrected chi connectivity index (χ4v) is 2.77. The molecule has 0 radical (unpaired) electrons. The van der Waals surface area contributed by atoms with Crippen molar-refractivity contribution >= 4 is 0 Å². The summed E-state index contributed by atoms with van der Waals surface area (Å²) in [5, 5.41) is 17.4. The molecule has 20 heavy (non-hydrogen) atoms. The zero-order valence-electron chi connectivity index (χ0n) is 13.8. The molecule has 0 amide bonds. The van der Waals surface area contributed by atoms with Crippen LogP contribution in [0.3, 0.4) is 0 Å². The van der Waals surface area contributed by atoms with Gasteiger partial charge >= 0.3 is 0 Å². The first kappa shape index (κ1) is 19.9. The first-order chi connectivity index (χ1) is 9.81. The average molecular weight is 286 g/mol. The van der Waals surface area contributed by atoms with Crippen LogP contribution >= 0.6 is 0 Å². The summed E-state index contributed by atoms with van der Waals surface area (Å²) in [4.78, 5) is 0. The van der Waals surface area contributed by atoms with Crippen LogP contribution in [0.4, 0.5) is 0 Å². The summed E-state index contributed by atoms with van der Waals surface area (Å²) in [6.07, 6.45) is 17.9. The van der Waals surface area contributed by atoms with E-state index >= 15 is 0 Å². The minimum Gasteiger partial charge on any atom is -0.396 e. The molecule has 0 aromatic carbocycles. The highest BCUT2D eigenvalue weighted by atomic mass is 16.3. The predicted molar refractivity (Wildman–Crippen MR) is 88.0 cm³/mol. The molecule has 0 atom stereocenters. The Bertz CT molecular complexity index is 153. The highest BCUT2D eigenvalue weighted by Crippen LogP contribution is 2.18. The molecule has 0 heterocycles. The molecule has 0 saturated heterocycles. The fourth-order valence-electron chi connectivity index (χ4n) is 2.77. The maximum absolute atomic E-state index is 8.69. The van der Waals surface area contributed by atoms with Crippen molar-refractivity contribution in [3.63, 3.8) is 0 Å². The highest BCUT2D eigenvalue weighted by molar-refractivity contribution is 4.55. The van der Waals surface area contributed by atoms with Crippen molar-refractivity contribution in [3.05, 3.63) is 0 Å². The van der Waals surface area contributed by atoms with Gasteiger partial charge in [-0.05, 0) is 18.8 Å². The monoisotopic (exact) mass is 286 g/mol. The minimum absolute atomic E-state index is 0.358. The lowest BCUT2D eigenvalue weighted by molar-refractivity contribution is 0.282. The average Bonchev–Trinajstić information content (AvgIpc) is 2.45. The van der Waals surface area contributed by atoms with Crippen LogP contribution in [-0.4, -0.2) is 23.4 Å². The van der Waals surface area contributed by atoms with Crippen LogP contribution in [0.15, 0.2) is 0 Å². The maximum Gasteiger partial charge on any atom is 0.0431 e. The molecule has 0 bridgehead atoms. The summed E-state index contributed by atoms with van der Waals surface area (Å²) in [6.45, 7) is 3.12. The number of hydrogen-bond donors (Lipinski definition) is 2. The van der Waals surface area contributed by atoms with E-state index in [0.717, 1.165) is 18.8 Å². The molecule has 0 unspecified atom stereocenters. The predicted octanol–water partition coefficient (Wildman–Crippen LogP) is 5.07. The van der Waals surface area contributed by atoms with Crippen molar-refractivity contribution in [2.24, 2.45) is 5.92 Å². The van der Waals surface area contributed by atoms with E-state index in [2.05, 4.69) is 6.92 Å². The van der Waals surface area contributed by atoms with E-state index < -0.39 is 0 Å². The normalized spacial score (nSPS) is 11.4. The van der Waals surface area contributed by atoms with Gasteiger partial charge in [-0.1, -0.05) is 84.0 Å². The summed E-state index contributed by atoms with van der Waals surface area (Å²) in [6, 6.07) is 0. The van der Waals surface area contributed by atoms with E-state index in [4.69, 9.17) is 10.2 Å². The molecule has 0 aliphatic carbocycles. The fraction of sp³-hybridized carbons (Fsp3) is 1.00. The Labute approximate surface area is 127 Å². The Morgan fingerprint density at radius 1 is 0.500 bits per heavy atom. The Morgan fingerprint density at radius 3 is 1.15 bits per heavy atom. The molecule has 122 valence electrons. The molecule has 0 aliphatic heterocycles. The van der Waals surface area contributed by atoms with E-state index in [9.17, 15) is 0 Å². The van der Waals surface area contributed by atoms with Gasteiger partial charge in [0.15, 0.2) is 0 Å². The second kappa shape index (κ2) is 17.0. The first-order valence-corrected chi connectivity index (χ1v) is 9.03. The van der Waals surface area contributed by atoms with Crippen molar-refractivity contribution in [1.82, 2.24) is 0 Å². The maximum atomic E-state index is 8.69. The van der Waals surface area contributed by atoms with E-state index in [0.29, 0.717) is 13.2 Å². The number of aliphatic hydroxyl groups is 2. The summed E-state index contributed by atoms with van der Waals surface area (Å²) in [5.41, 5.74) is 0. The van der Waals surface area contributed by atoms with Gasteiger partial charge in [0.1, 0.15) is 0 Å². The largest absolute Gasteiger partial charge is 0.396 e. The number of hydrogen-bond acceptors (Lipinski definition) is 2. The van der Waals surface area contributed by atoms with Crippen LogP contribution in [-0.2, 0) is 0 Å². The van der Waals surface area contributed by atoms with E-state index in [-0.39, 0.29) is 0 Å². The van der Waals surface area contributed by atoms with E-state index in [1.807, 2.05) is 0 Å². The highest BCUT2D eigenvalue weighted by Gasteiger charge is 2.02. The van der Waals surface area contributed by atoms with Gasteiger partial charge in [-0.25, -0.2) is 0 Å². The van der Waals surface area contributed by atoms with E-state index in [1.165, 1.54) is 77.0 Å². The molecule has 0 aromatic rings. The van der Waals surface area contributed by atoms with Gasteiger partial charge in [0, 0.05) is 13.2 Å². The molecule has 0 aromatic heterocycles. The Hall–Kier alpha value is -0.0800. The zero-order chi connectivity index (χ0) is 14.9. The zero-order valence-corrected chi connectivity index (χ0v) is 13.8. The van der Waals surface area contributed by atoms with Crippen LogP contribution < -0.4 is 0 Å². The minimum atomic E-state index is 0.358. The Balaban J connectivity index is 3.11. The van der Waals surface area contributed by atoms with Gasteiger partial charge in [0.25, 0.3) is 0 Å². The van der Waals surface area contributed by atoms with Gasteiger partial charge < -0.3 is 10.2 Å². The van der Waals surface area contributed by atoms with Gasteiger partial charge in [-0.2, -0.15) is 0 Å². The third-order valence-electron chi connectivity index (χ3n) is 4.21. The standard InChI is InChI=1S/C18H38O2/c1-18(14-10-6-2-4-8-12-16-19)15-11-7-3-5-9-13-17-20/h18-20H,2-17H2,1H3. The SMILES string of the molecule is CC(CCCCCCCCO)CCCCCCCCO. The number of unbranched alkanes of at least 4 members (excludes halogenated alkanes) is 10. The lowest BCUT2D eigenvalue weighted by Gasteiger charge is -2.11. The summed E-state index contributed by atoms with van der Waals surface area (Å²) >= 11 is 0. The van der Waals surface area contributed by atoms with Gasteiger partial charge in [-0.3, -0.25) is 0 Å².